The van der Waals surface area contributed by atoms with Gasteiger partial charge in [-0.15, -0.1) is 0 Å². The molecule has 0 aliphatic rings. The first-order valence-electron chi connectivity index (χ1n) is 5.17. The zero-order chi connectivity index (χ0) is 14.0. The van der Waals surface area contributed by atoms with Gasteiger partial charge in [0.05, 0.1) is 17.2 Å². The molecule has 0 aliphatic carbocycles. The Hall–Kier alpha value is -1.85. The van der Waals surface area contributed by atoms with Crippen molar-refractivity contribution in [2.75, 3.05) is 7.11 Å². The number of hydrogen-bond acceptors (Lipinski definition) is 4. The van der Waals surface area contributed by atoms with Crippen LogP contribution in [0.15, 0.2) is 30.5 Å². The number of nitro groups is 1. The van der Waals surface area contributed by atoms with Gasteiger partial charge in [-0.25, -0.2) is 0 Å². The molecule has 5 nitrogen and oxygen atoms in total. The molecule has 0 fully saturated rings. The van der Waals surface area contributed by atoms with Gasteiger partial charge in [0.25, 0.3) is 0 Å². The summed E-state index contributed by atoms with van der Waals surface area (Å²) in [6.45, 7) is 0. The molecule has 0 saturated heterocycles. The fourth-order valence-electron chi connectivity index (χ4n) is 1.63. The number of methoxy groups -OCH3 is 1. The summed E-state index contributed by atoms with van der Waals surface area (Å²) in [5.74, 6) is -0.298. The van der Waals surface area contributed by atoms with E-state index in [0.717, 1.165) is 0 Å². The van der Waals surface area contributed by atoms with Crippen molar-refractivity contribution in [3.63, 3.8) is 0 Å². The van der Waals surface area contributed by atoms with Crippen molar-refractivity contribution < 1.29 is 9.66 Å². The Balaban J connectivity index is 2.61. The first-order chi connectivity index (χ1) is 9.04. The molecule has 1 aromatic heterocycles. The van der Waals surface area contributed by atoms with Crippen molar-refractivity contribution in [2.24, 2.45) is 0 Å². The highest BCUT2D eigenvalue weighted by molar-refractivity contribution is 6.39. The summed E-state index contributed by atoms with van der Waals surface area (Å²) < 4.78 is 4.96. The molecule has 0 amide bonds. The van der Waals surface area contributed by atoms with E-state index in [4.69, 9.17) is 27.9 Å². The van der Waals surface area contributed by atoms with E-state index in [1.54, 1.807) is 18.2 Å². The molecule has 7 heteroatoms. The van der Waals surface area contributed by atoms with Gasteiger partial charge in [-0.1, -0.05) is 29.3 Å². The fourth-order valence-corrected chi connectivity index (χ4v) is 2.25. The van der Waals surface area contributed by atoms with Crippen LogP contribution in [0.4, 0.5) is 5.82 Å². The maximum absolute atomic E-state index is 10.8. The van der Waals surface area contributed by atoms with Crippen LogP contribution in [0.5, 0.6) is 5.75 Å². The van der Waals surface area contributed by atoms with Crippen molar-refractivity contribution in [2.45, 2.75) is 0 Å². The van der Waals surface area contributed by atoms with E-state index in [1.165, 1.54) is 19.4 Å². The highest BCUT2D eigenvalue weighted by atomic mass is 35.5. The summed E-state index contributed by atoms with van der Waals surface area (Å²) in [5, 5.41) is 11.6. The molecule has 0 atom stereocenters. The van der Waals surface area contributed by atoms with Crippen LogP contribution in [-0.4, -0.2) is 17.0 Å². The predicted molar refractivity (Wildman–Crippen MR) is 72.9 cm³/mol. The Morgan fingerprint density at radius 2 is 1.95 bits per heavy atom. The summed E-state index contributed by atoms with van der Waals surface area (Å²) in [7, 11) is 1.34. The second kappa shape index (κ2) is 5.42. The standard InChI is InChI=1S/C12H8Cl2N2O3/c1-19-10-5-7(6-15-12(10)16(17)18)11-8(13)3-2-4-9(11)14/h2-6H,1H3. The second-order valence-corrected chi connectivity index (χ2v) is 4.42. The molecule has 0 spiro atoms. The number of pyridine rings is 1. The lowest BCUT2D eigenvalue weighted by Crippen LogP contribution is -1.97. The van der Waals surface area contributed by atoms with Crippen LogP contribution in [0.1, 0.15) is 0 Å². The van der Waals surface area contributed by atoms with E-state index in [2.05, 4.69) is 4.98 Å². The molecule has 98 valence electrons. The van der Waals surface area contributed by atoms with Crippen molar-refractivity contribution in [3.05, 3.63) is 50.6 Å². The maximum atomic E-state index is 10.8. The van der Waals surface area contributed by atoms with Crippen LogP contribution >= 0.6 is 23.2 Å². The second-order valence-electron chi connectivity index (χ2n) is 3.60. The molecule has 1 aromatic carbocycles. The highest BCUT2D eigenvalue weighted by Gasteiger charge is 2.19. The van der Waals surface area contributed by atoms with Crippen molar-refractivity contribution in [1.29, 1.82) is 0 Å². The smallest absolute Gasteiger partial charge is 0.406 e. The number of aromatic nitrogens is 1. The molecular weight excluding hydrogens is 291 g/mol. The highest BCUT2D eigenvalue weighted by Crippen LogP contribution is 2.37. The summed E-state index contributed by atoms with van der Waals surface area (Å²) >= 11 is 12.1. The minimum Gasteiger partial charge on any atom is -0.489 e. The number of hydrogen-bond donors (Lipinski definition) is 0. The zero-order valence-electron chi connectivity index (χ0n) is 9.76. The van der Waals surface area contributed by atoms with E-state index in [1.807, 2.05) is 0 Å². The Morgan fingerprint density at radius 1 is 1.32 bits per heavy atom. The lowest BCUT2D eigenvalue weighted by atomic mass is 10.1. The molecule has 2 rings (SSSR count). The molecule has 0 unspecified atom stereocenters. The Morgan fingerprint density at radius 3 is 2.47 bits per heavy atom. The average Bonchev–Trinajstić information content (AvgIpc) is 2.38. The first kappa shape index (κ1) is 13.6. The monoisotopic (exact) mass is 298 g/mol. The van der Waals surface area contributed by atoms with E-state index in [-0.39, 0.29) is 11.6 Å². The van der Waals surface area contributed by atoms with Crippen molar-refractivity contribution >= 4 is 29.0 Å². The third-order valence-corrected chi connectivity index (χ3v) is 3.11. The van der Waals surface area contributed by atoms with Gasteiger partial charge >= 0.3 is 5.82 Å². The molecule has 0 bridgehead atoms. The molecule has 1 heterocycles. The third kappa shape index (κ3) is 2.62. The Kier molecular flexibility index (Phi) is 3.87. The fraction of sp³-hybridized carbons (Fsp3) is 0.0833. The molecule has 0 saturated carbocycles. The SMILES string of the molecule is COc1cc(-c2c(Cl)cccc2Cl)cnc1[N+](=O)[O-]. The molecular formula is C12H8Cl2N2O3. The number of rotatable bonds is 3. The van der Waals surface area contributed by atoms with Gasteiger partial charge in [-0.3, -0.25) is 0 Å². The summed E-state index contributed by atoms with van der Waals surface area (Å²) in [4.78, 5) is 13.9. The topological polar surface area (TPSA) is 65.3 Å². The third-order valence-electron chi connectivity index (χ3n) is 2.48. The minimum atomic E-state index is -0.614. The largest absolute Gasteiger partial charge is 0.489 e. The van der Waals surface area contributed by atoms with Crippen LogP contribution in [0, 0.1) is 10.1 Å². The summed E-state index contributed by atoms with van der Waals surface area (Å²) in [5.41, 5.74) is 1.12. The van der Waals surface area contributed by atoms with Crippen LogP contribution in [0.25, 0.3) is 11.1 Å². The number of benzene rings is 1. The Labute approximate surface area is 118 Å². The van der Waals surface area contributed by atoms with Crippen molar-refractivity contribution in [3.8, 4) is 16.9 Å². The van der Waals surface area contributed by atoms with Gasteiger partial charge in [0.1, 0.15) is 6.20 Å². The van der Waals surface area contributed by atoms with Crippen LogP contribution in [-0.2, 0) is 0 Å². The normalized spacial score (nSPS) is 10.3. The summed E-state index contributed by atoms with van der Waals surface area (Å²) in [6.07, 6.45) is 1.34. The van der Waals surface area contributed by atoms with Crippen molar-refractivity contribution in [1.82, 2.24) is 4.98 Å². The number of halogens is 2. The molecule has 2 aromatic rings. The van der Waals surface area contributed by atoms with E-state index >= 15 is 0 Å². The quantitative estimate of drug-likeness (QED) is 0.635. The molecule has 19 heavy (non-hydrogen) atoms. The predicted octanol–water partition coefficient (Wildman–Crippen LogP) is 3.97. The minimum absolute atomic E-state index is 0.0542. The van der Waals surface area contributed by atoms with Gasteiger partial charge in [0, 0.05) is 17.2 Å². The lowest BCUT2D eigenvalue weighted by Gasteiger charge is -2.07. The van der Waals surface area contributed by atoms with Gasteiger partial charge in [-0.05, 0) is 22.0 Å². The van der Waals surface area contributed by atoms with Gasteiger partial charge in [0.15, 0.2) is 0 Å². The molecule has 0 N–H and O–H groups in total. The van der Waals surface area contributed by atoms with Crippen LogP contribution in [0.3, 0.4) is 0 Å². The molecule has 0 radical (unpaired) electrons. The van der Waals surface area contributed by atoms with Crippen LogP contribution in [0.2, 0.25) is 10.0 Å². The molecule has 0 aliphatic heterocycles. The number of nitrogens with zero attached hydrogens (tertiary/aromatic N) is 2. The van der Waals surface area contributed by atoms with E-state index in [0.29, 0.717) is 21.2 Å². The zero-order valence-corrected chi connectivity index (χ0v) is 11.3. The van der Waals surface area contributed by atoms with E-state index < -0.39 is 4.92 Å². The van der Waals surface area contributed by atoms with Gasteiger partial charge in [-0.2, -0.15) is 0 Å². The maximum Gasteiger partial charge on any atom is 0.406 e. The lowest BCUT2D eigenvalue weighted by molar-refractivity contribution is -0.390. The first-order valence-corrected chi connectivity index (χ1v) is 5.93. The summed E-state index contributed by atoms with van der Waals surface area (Å²) in [6, 6.07) is 6.55. The van der Waals surface area contributed by atoms with Gasteiger partial charge < -0.3 is 14.9 Å². The van der Waals surface area contributed by atoms with Gasteiger partial charge in [0.2, 0.25) is 5.75 Å². The number of ether oxygens (including phenoxy) is 1. The Bertz CT molecular complexity index is 627. The van der Waals surface area contributed by atoms with E-state index in [9.17, 15) is 10.1 Å². The van der Waals surface area contributed by atoms with Crippen LogP contribution < -0.4 is 4.74 Å². The average molecular weight is 299 g/mol.